The highest BCUT2D eigenvalue weighted by Gasteiger charge is 2.08. The lowest BCUT2D eigenvalue weighted by molar-refractivity contribution is 0.799. The van der Waals surface area contributed by atoms with Gasteiger partial charge in [-0.3, -0.25) is 0 Å². The largest absolute Gasteiger partial charge is 0.326 e. The lowest BCUT2D eigenvalue weighted by Gasteiger charge is -2.00. The predicted molar refractivity (Wildman–Crippen MR) is 68.8 cm³/mol. The number of fused-ring (bicyclic) bond motifs is 1. The quantitative estimate of drug-likeness (QED) is 0.766. The van der Waals surface area contributed by atoms with E-state index in [2.05, 4.69) is 32.2 Å². The van der Waals surface area contributed by atoms with Gasteiger partial charge in [-0.2, -0.15) is 0 Å². The van der Waals surface area contributed by atoms with Gasteiger partial charge in [0.15, 0.2) is 0 Å². The third-order valence-corrected chi connectivity index (χ3v) is 3.39. The monoisotopic (exact) mass is 244 g/mol. The summed E-state index contributed by atoms with van der Waals surface area (Å²) in [5.41, 5.74) is 10.8. The Morgan fingerprint density at radius 3 is 3.06 bits per heavy atom. The summed E-state index contributed by atoms with van der Waals surface area (Å²) in [4.78, 5) is 8.71. The second-order valence-corrected chi connectivity index (χ2v) is 4.56. The zero-order valence-corrected chi connectivity index (χ0v) is 10.0. The second-order valence-electron chi connectivity index (χ2n) is 3.84. The number of pyridine rings is 1. The van der Waals surface area contributed by atoms with Crippen LogP contribution in [0.5, 0.6) is 0 Å². The van der Waals surface area contributed by atoms with Crippen LogP contribution in [-0.2, 0) is 13.1 Å². The van der Waals surface area contributed by atoms with E-state index in [1.54, 1.807) is 17.5 Å². The lowest BCUT2D eigenvalue weighted by atomic mass is 10.2. The fourth-order valence-corrected chi connectivity index (χ4v) is 2.52. The van der Waals surface area contributed by atoms with Crippen molar-refractivity contribution in [3.8, 4) is 0 Å². The van der Waals surface area contributed by atoms with Crippen molar-refractivity contribution in [3.63, 3.8) is 0 Å². The molecule has 2 N–H and O–H groups in total. The molecule has 3 aromatic rings. The van der Waals surface area contributed by atoms with Crippen LogP contribution in [0.2, 0.25) is 0 Å². The summed E-state index contributed by atoms with van der Waals surface area (Å²) in [6.07, 6.45) is 3.87. The summed E-state index contributed by atoms with van der Waals surface area (Å²) >= 11 is 1.61. The minimum Gasteiger partial charge on any atom is -0.326 e. The van der Waals surface area contributed by atoms with Crippen molar-refractivity contribution < 1.29 is 0 Å². The van der Waals surface area contributed by atoms with E-state index in [9.17, 15) is 0 Å². The molecule has 0 aliphatic carbocycles. The van der Waals surface area contributed by atoms with E-state index in [4.69, 9.17) is 5.73 Å². The Morgan fingerprint density at radius 2 is 2.29 bits per heavy atom. The molecule has 4 nitrogen and oxygen atoms in total. The lowest BCUT2D eigenvalue weighted by Crippen LogP contribution is -1.99. The Kier molecular flexibility index (Phi) is 2.62. The highest BCUT2D eigenvalue weighted by Crippen LogP contribution is 2.19. The second kappa shape index (κ2) is 4.27. The van der Waals surface area contributed by atoms with Crippen LogP contribution in [-0.4, -0.2) is 14.5 Å². The Bertz CT molecular complexity index is 627. The van der Waals surface area contributed by atoms with E-state index in [0.717, 1.165) is 28.8 Å². The molecular weight excluding hydrogens is 232 g/mol. The molecule has 0 amide bonds. The average Bonchev–Trinajstić information content (AvgIpc) is 2.98. The van der Waals surface area contributed by atoms with Gasteiger partial charge in [0.05, 0.1) is 17.7 Å². The van der Waals surface area contributed by atoms with Crippen LogP contribution < -0.4 is 5.73 Å². The fourth-order valence-electron chi connectivity index (χ4n) is 1.97. The minimum atomic E-state index is 0.534. The number of rotatable bonds is 3. The zero-order chi connectivity index (χ0) is 11.7. The summed E-state index contributed by atoms with van der Waals surface area (Å²) in [6.45, 7) is 1.28. The third-order valence-electron chi connectivity index (χ3n) is 2.75. The van der Waals surface area contributed by atoms with Crippen molar-refractivity contribution >= 4 is 22.4 Å². The standard InChI is InChI=1S/C12H12N4S/c13-4-9-5-16(6-10-7-17-8-15-10)12-11(9)2-1-3-14-12/h1-3,5,7-8H,4,6,13H2. The van der Waals surface area contributed by atoms with E-state index < -0.39 is 0 Å². The van der Waals surface area contributed by atoms with Crippen molar-refractivity contribution in [1.29, 1.82) is 0 Å². The van der Waals surface area contributed by atoms with Crippen LogP contribution in [0.25, 0.3) is 11.0 Å². The molecule has 3 aromatic heterocycles. The molecule has 0 aliphatic rings. The van der Waals surface area contributed by atoms with Gasteiger partial charge in [0, 0.05) is 29.7 Å². The van der Waals surface area contributed by atoms with E-state index in [1.807, 2.05) is 11.6 Å². The third kappa shape index (κ3) is 1.83. The van der Waals surface area contributed by atoms with E-state index in [0.29, 0.717) is 6.54 Å². The first-order chi connectivity index (χ1) is 8.38. The molecule has 3 rings (SSSR count). The van der Waals surface area contributed by atoms with E-state index in [-0.39, 0.29) is 0 Å². The molecule has 0 atom stereocenters. The average molecular weight is 244 g/mol. The minimum absolute atomic E-state index is 0.534. The molecule has 3 heterocycles. The Labute approximate surface area is 103 Å². The van der Waals surface area contributed by atoms with Crippen LogP contribution in [0.3, 0.4) is 0 Å². The molecule has 0 aliphatic heterocycles. The van der Waals surface area contributed by atoms with Gasteiger partial charge in [0.2, 0.25) is 0 Å². The summed E-state index contributed by atoms with van der Waals surface area (Å²) in [5.74, 6) is 0. The van der Waals surface area contributed by atoms with Crippen molar-refractivity contribution in [2.24, 2.45) is 5.73 Å². The molecule has 0 fully saturated rings. The van der Waals surface area contributed by atoms with Gasteiger partial charge in [0.1, 0.15) is 5.65 Å². The first-order valence-corrected chi connectivity index (χ1v) is 6.32. The van der Waals surface area contributed by atoms with E-state index >= 15 is 0 Å². The molecule has 17 heavy (non-hydrogen) atoms. The predicted octanol–water partition coefficient (Wildman–Crippen LogP) is 2.00. The number of thiazole rings is 1. The van der Waals surface area contributed by atoms with Crippen LogP contribution in [0.4, 0.5) is 0 Å². The maximum absolute atomic E-state index is 5.75. The van der Waals surface area contributed by atoms with Crippen molar-refractivity contribution in [3.05, 3.63) is 46.7 Å². The Hall–Kier alpha value is -1.72. The van der Waals surface area contributed by atoms with Gasteiger partial charge in [-0.05, 0) is 17.7 Å². The molecular formula is C12H12N4S. The number of hydrogen-bond acceptors (Lipinski definition) is 4. The van der Waals surface area contributed by atoms with Gasteiger partial charge >= 0.3 is 0 Å². The summed E-state index contributed by atoms with van der Waals surface area (Å²) < 4.78 is 2.10. The highest BCUT2D eigenvalue weighted by molar-refractivity contribution is 7.07. The number of hydrogen-bond donors (Lipinski definition) is 1. The topological polar surface area (TPSA) is 56.7 Å². The van der Waals surface area contributed by atoms with Gasteiger partial charge in [-0.15, -0.1) is 11.3 Å². The highest BCUT2D eigenvalue weighted by atomic mass is 32.1. The molecule has 0 unspecified atom stereocenters. The molecule has 0 saturated carbocycles. The normalized spacial score (nSPS) is 11.1. The SMILES string of the molecule is NCc1cn(Cc2cscn2)c2ncccc12. The molecule has 0 spiro atoms. The van der Waals surface area contributed by atoms with Gasteiger partial charge in [-0.25, -0.2) is 9.97 Å². The first-order valence-electron chi connectivity index (χ1n) is 5.38. The summed E-state index contributed by atoms with van der Waals surface area (Å²) in [6, 6.07) is 4.00. The summed E-state index contributed by atoms with van der Waals surface area (Å²) in [7, 11) is 0. The number of aromatic nitrogens is 3. The fraction of sp³-hybridized carbons (Fsp3) is 0.167. The molecule has 0 saturated heterocycles. The molecule has 86 valence electrons. The number of nitrogens with zero attached hydrogens (tertiary/aromatic N) is 3. The molecule has 0 aromatic carbocycles. The van der Waals surface area contributed by atoms with Crippen LogP contribution in [0.15, 0.2) is 35.4 Å². The summed E-state index contributed by atoms with van der Waals surface area (Å²) in [5, 5.41) is 3.18. The van der Waals surface area contributed by atoms with Crippen LogP contribution >= 0.6 is 11.3 Å². The maximum atomic E-state index is 5.75. The van der Waals surface area contributed by atoms with E-state index in [1.165, 1.54) is 0 Å². The van der Waals surface area contributed by atoms with Gasteiger partial charge in [0.25, 0.3) is 0 Å². The maximum Gasteiger partial charge on any atom is 0.140 e. The molecule has 0 radical (unpaired) electrons. The number of nitrogens with two attached hydrogens (primary N) is 1. The van der Waals surface area contributed by atoms with Crippen molar-refractivity contribution in [2.45, 2.75) is 13.1 Å². The van der Waals surface area contributed by atoms with Crippen molar-refractivity contribution in [2.75, 3.05) is 0 Å². The smallest absolute Gasteiger partial charge is 0.140 e. The first kappa shape index (κ1) is 10.4. The van der Waals surface area contributed by atoms with Gasteiger partial charge < -0.3 is 10.3 Å². The Morgan fingerprint density at radius 1 is 1.35 bits per heavy atom. The zero-order valence-electron chi connectivity index (χ0n) is 9.21. The molecule has 5 heteroatoms. The van der Waals surface area contributed by atoms with Crippen LogP contribution in [0.1, 0.15) is 11.3 Å². The van der Waals surface area contributed by atoms with Crippen LogP contribution in [0, 0.1) is 0 Å². The van der Waals surface area contributed by atoms with Gasteiger partial charge in [-0.1, -0.05) is 0 Å². The Balaban J connectivity index is 2.10. The molecule has 0 bridgehead atoms. The van der Waals surface area contributed by atoms with Crippen molar-refractivity contribution in [1.82, 2.24) is 14.5 Å².